The molecule has 0 fully saturated rings. The lowest BCUT2D eigenvalue weighted by Gasteiger charge is -2.16. The molecule has 0 radical (unpaired) electrons. The Kier molecular flexibility index (Phi) is 4.70. The maximum atomic E-state index is 12.4. The van der Waals surface area contributed by atoms with Crippen molar-refractivity contribution >= 4 is 11.6 Å². The molecule has 0 aliphatic heterocycles. The summed E-state index contributed by atoms with van der Waals surface area (Å²) in [5, 5.41) is 2.86. The van der Waals surface area contributed by atoms with Crippen LogP contribution in [0.25, 0.3) is 5.65 Å². The van der Waals surface area contributed by atoms with Gasteiger partial charge in [0.1, 0.15) is 11.2 Å². The minimum Gasteiger partial charge on any atom is -0.351 e. The standard InChI is InChI=1S/C19H19N3O2/c1-2-14(15-8-4-3-5-9-15)12-21-18(23)16-13-20-17-10-6-7-11-22(17)19(16)24/h3-11,13-14H,2,12H2,1H3,(H,21,23). The van der Waals surface area contributed by atoms with E-state index in [0.717, 1.165) is 6.42 Å². The van der Waals surface area contributed by atoms with Crippen molar-refractivity contribution in [3.8, 4) is 0 Å². The van der Waals surface area contributed by atoms with Crippen LogP contribution in [-0.2, 0) is 0 Å². The summed E-state index contributed by atoms with van der Waals surface area (Å²) in [5.74, 6) is -0.175. The number of aromatic nitrogens is 2. The Morgan fingerprint density at radius 1 is 1.17 bits per heavy atom. The molecule has 0 aliphatic rings. The lowest BCUT2D eigenvalue weighted by atomic mass is 9.96. The summed E-state index contributed by atoms with van der Waals surface area (Å²) in [7, 11) is 0. The molecule has 2 aromatic heterocycles. The lowest BCUT2D eigenvalue weighted by molar-refractivity contribution is 0.0949. The first-order valence-electron chi connectivity index (χ1n) is 8.00. The number of nitrogens with one attached hydrogen (secondary N) is 1. The monoisotopic (exact) mass is 321 g/mol. The molecule has 1 unspecified atom stereocenters. The first-order chi connectivity index (χ1) is 11.7. The molecule has 1 amide bonds. The Morgan fingerprint density at radius 3 is 2.67 bits per heavy atom. The number of benzene rings is 1. The van der Waals surface area contributed by atoms with Gasteiger partial charge in [0.15, 0.2) is 0 Å². The summed E-state index contributed by atoms with van der Waals surface area (Å²) in [4.78, 5) is 29.0. The molecule has 0 saturated heterocycles. The summed E-state index contributed by atoms with van der Waals surface area (Å²) < 4.78 is 1.38. The molecule has 0 saturated carbocycles. The van der Waals surface area contributed by atoms with Crippen molar-refractivity contribution in [1.29, 1.82) is 0 Å². The molecule has 0 bridgehead atoms. The van der Waals surface area contributed by atoms with Crippen LogP contribution in [0.1, 0.15) is 35.2 Å². The normalized spacial score (nSPS) is 12.0. The van der Waals surface area contributed by atoms with E-state index in [2.05, 4.69) is 17.2 Å². The summed E-state index contributed by atoms with van der Waals surface area (Å²) >= 11 is 0. The third-order valence-electron chi connectivity index (χ3n) is 4.13. The minimum absolute atomic E-state index is 0.0571. The molecule has 24 heavy (non-hydrogen) atoms. The maximum Gasteiger partial charge on any atom is 0.270 e. The number of rotatable bonds is 5. The van der Waals surface area contributed by atoms with E-state index in [-0.39, 0.29) is 22.9 Å². The van der Waals surface area contributed by atoms with Gasteiger partial charge in [0.25, 0.3) is 11.5 Å². The van der Waals surface area contributed by atoms with Crippen molar-refractivity contribution in [1.82, 2.24) is 14.7 Å². The highest BCUT2D eigenvalue weighted by Crippen LogP contribution is 2.18. The fraction of sp³-hybridized carbons (Fsp3) is 0.211. The van der Waals surface area contributed by atoms with E-state index in [1.807, 2.05) is 30.3 Å². The number of amides is 1. The number of carbonyl (C=O) groups excluding carboxylic acids is 1. The summed E-state index contributed by atoms with van der Waals surface area (Å²) in [5.41, 5.74) is 1.40. The van der Waals surface area contributed by atoms with Gasteiger partial charge in [0, 0.05) is 24.9 Å². The lowest BCUT2D eigenvalue weighted by Crippen LogP contribution is -2.34. The Bertz CT molecular complexity index is 903. The highest BCUT2D eigenvalue weighted by molar-refractivity contribution is 5.93. The summed E-state index contributed by atoms with van der Waals surface area (Å²) in [6.07, 6.45) is 3.86. The highest BCUT2D eigenvalue weighted by atomic mass is 16.2. The molecule has 0 spiro atoms. The van der Waals surface area contributed by atoms with Gasteiger partial charge in [-0.1, -0.05) is 43.3 Å². The molecular weight excluding hydrogens is 302 g/mol. The Morgan fingerprint density at radius 2 is 1.92 bits per heavy atom. The van der Waals surface area contributed by atoms with Crippen LogP contribution in [0, 0.1) is 0 Å². The van der Waals surface area contributed by atoms with E-state index in [4.69, 9.17) is 0 Å². The Hall–Kier alpha value is -2.95. The molecule has 122 valence electrons. The van der Waals surface area contributed by atoms with Crippen molar-refractivity contribution in [3.63, 3.8) is 0 Å². The molecule has 3 rings (SSSR count). The number of hydrogen-bond acceptors (Lipinski definition) is 3. The van der Waals surface area contributed by atoms with E-state index in [9.17, 15) is 9.59 Å². The van der Waals surface area contributed by atoms with Crippen LogP contribution in [0.4, 0.5) is 0 Å². The minimum atomic E-state index is -0.389. The van der Waals surface area contributed by atoms with Gasteiger partial charge in [-0.15, -0.1) is 0 Å². The third kappa shape index (κ3) is 3.20. The van der Waals surface area contributed by atoms with Gasteiger partial charge in [-0.05, 0) is 24.1 Å². The van der Waals surface area contributed by atoms with Crippen LogP contribution in [0.15, 0.2) is 65.7 Å². The predicted octanol–water partition coefficient (Wildman–Crippen LogP) is 2.62. The van der Waals surface area contributed by atoms with Crippen molar-refractivity contribution in [2.75, 3.05) is 6.54 Å². The van der Waals surface area contributed by atoms with Crippen LogP contribution in [0.5, 0.6) is 0 Å². The number of pyridine rings is 1. The number of carbonyl (C=O) groups is 1. The first kappa shape index (κ1) is 15.9. The second kappa shape index (κ2) is 7.08. The van der Waals surface area contributed by atoms with E-state index in [1.165, 1.54) is 16.2 Å². The topological polar surface area (TPSA) is 63.5 Å². The van der Waals surface area contributed by atoms with Gasteiger partial charge in [0.2, 0.25) is 0 Å². The quantitative estimate of drug-likeness (QED) is 0.786. The first-order valence-corrected chi connectivity index (χ1v) is 8.00. The van der Waals surface area contributed by atoms with Crippen molar-refractivity contribution in [2.45, 2.75) is 19.3 Å². The highest BCUT2D eigenvalue weighted by Gasteiger charge is 2.15. The Balaban J connectivity index is 1.78. The molecule has 5 heteroatoms. The van der Waals surface area contributed by atoms with E-state index >= 15 is 0 Å². The zero-order valence-corrected chi connectivity index (χ0v) is 13.5. The fourth-order valence-electron chi connectivity index (χ4n) is 2.72. The molecule has 2 heterocycles. The van der Waals surface area contributed by atoms with Crippen molar-refractivity contribution in [3.05, 3.63) is 82.4 Å². The average molecular weight is 321 g/mol. The van der Waals surface area contributed by atoms with Gasteiger partial charge in [0.05, 0.1) is 0 Å². The summed E-state index contributed by atoms with van der Waals surface area (Å²) in [6, 6.07) is 15.3. The van der Waals surface area contributed by atoms with Gasteiger partial charge in [-0.3, -0.25) is 14.0 Å². The second-order valence-electron chi connectivity index (χ2n) is 5.63. The fourth-order valence-corrected chi connectivity index (χ4v) is 2.72. The van der Waals surface area contributed by atoms with Gasteiger partial charge in [-0.25, -0.2) is 4.98 Å². The molecule has 3 aromatic rings. The molecule has 1 N–H and O–H groups in total. The predicted molar refractivity (Wildman–Crippen MR) is 93.3 cm³/mol. The van der Waals surface area contributed by atoms with Crippen LogP contribution in [0.3, 0.4) is 0 Å². The van der Waals surface area contributed by atoms with Crippen molar-refractivity contribution < 1.29 is 4.79 Å². The summed E-state index contributed by atoms with van der Waals surface area (Å²) in [6.45, 7) is 2.56. The molecule has 1 aromatic carbocycles. The van der Waals surface area contributed by atoms with E-state index in [1.54, 1.807) is 24.4 Å². The molecule has 1 atom stereocenters. The second-order valence-corrected chi connectivity index (χ2v) is 5.63. The third-order valence-corrected chi connectivity index (χ3v) is 4.13. The number of nitrogens with zero attached hydrogens (tertiary/aromatic N) is 2. The smallest absolute Gasteiger partial charge is 0.270 e. The average Bonchev–Trinajstić information content (AvgIpc) is 2.63. The Labute approximate surface area is 140 Å². The van der Waals surface area contributed by atoms with Crippen molar-refractivity contribution in [2.24, 2.45) is 0 Å². The van der Waals surface area contributed by atoms with Crippen LogP contribution in [-0.4, -0.2) is 21.8 Å². The zero-order chi connectivity index (χ0) is 16.9. The van der Waals surface area contributed by atoms with Crippen LogP contribution >= 0.6 is 0 Å². The van der Waals surface area contributed by atoms with E-state index < -0.39 is 0 Å². The van der Waals surface area contributed by atoms with Gasteiger partial charge >= 0.3 is 0 Å². The SMILES string of the molecule is CCC(CNC(=O)c1cnc2ccccn2c1=O)c1ccccc1. The van der Waals surface area contributed by atoms with Crippen LogP contribution < -0.4 is 10.9 Å². The number of fused-ring (bicyclic) bond motifs is 1. The number of hydrogen-bond donors (Lipinski definition) is 1. The van der Waals surface area contributed by atoms with Gasteiger partial charge in [-0.2, -0.15) is 0 Å². The van der Waals surface area contributed by atoms with Gasteiger partial charge < -0.3 is 5.32 Å². The van der Waals surface area contributed by atoms with Crippen LogP contribution in [0.2, 0.25) is 0 Å². The van der Waals surface area contributed by atoms with E-state index in [0.29, 0.717) is 12.2 Å². The molecule has 0 aliphatic carbocycles. The zero-order valence-electron chi connectivity index (χ0n) is 13.5. The molecular formula is C19H19N3O2. The molecule has 5 nitrogen and oxygen atoms in total. The largest absolute Gasteiger partial charge is 0.351 e. The maximum absolute atomic E-state index is 12.4.